The van der Waals surface area contributed by atoms with Gasteiger partial charge in [0.2, 0.25) is 5.91 Å². The van der Waals surface area contributed by atoms with Crippen molar-refractivity contribution in [3.8, 4) is 0 Å². The number of hydrogen-bond donors (Lipinski definition) is 3. The first-order chi connectivity index (χ1) is 36.1. The summed E-state index contributed by atoms with van der Waals surface area (Å²) in [6.07, 6.45) is 24.7. The molecule has 0 aliphatic carbocycles. The van der Waals surface area contributed by atoms with Gasteiger partial charge in [-0.05, 0) is 171 Å². The Morgan fingerprint density at radius 3 is 1.30 bits per heavy atom. The minimum Gasteiger partial charge on any atom is -0.370 e. The summed E-state index contributed by atoms with van der Waals surface area (Å²) in [5.41, 5.74) is 13.7. The molecule has 0 bridgehead atoms. The van der Waals surface area contributed by atoms with Gasteiger partial charge < -0.3 is 21.0 Å². The number of aromatic nitrogens is 4. The highest BCUT2D eigenvalue weighted by Gasteiger charge is 2.25. The van der Waals surface area contributed by atoms with Crippen LogP contribution in [0.15, 0.2) is 51.4 Å². The van der Waals surface area contributed by atoms with E-state index in [2.05, 4.69) is 237 Å². The molecule has 2 aromatic heterocycles. The fourth-order valence-electron chi connectivity index (χ4n) is 7.31. The lowest BCUT2D eigenvalue weighted by Gasteiger charge is -2.38. The van der Waals surface area contributed by atoms with Crippen molar-refractivity contribution in [1.82, 2.24) is 29.3 Å². The van der Waals surface area contributed by atoms with E-state index in [0.29, 0.717) is 48.2 Å². The van der Waals surface area contributed by atoms with Crippen LogP contribution in [0.2, 0.25) is 0 Å². The van der Waals surface area contributed by atoms with Gasteiger partial charge in [0.25, 0.3) is 6.67 Å². The molecule has 81 heavy (non-hydrogen) atoms. The molecular weight excluding hydrogens is 1010 g/mol. The topological polar surface area (TPSA) is 192 Å². The Labute approximate surface area is 500 Å². The number of azo groups is 2. The highest BCUT2D eigenvalue weighted by atomic mass is 16.1. The Morgan fingerprint density at radius 1 is 0.642 bits per heavy atom. The quantitative estimate of drug-likeness (QED) is 0.248. The Hall–Kier alpha value is -3.95. The van der Waals surface area contributed by atoms with Gasteiger partial charge in [0.1, 0.15) is 17.1 Å². The first-order valence-electron chi connectivity index (χ1n) is 30.1. The van der Waals surface area contributed by atoms with Gasteiger partial charge >= 0.3 is 6.34 Å². The van der Waals surface area contributed by atoms with Crippen LogP contribution in [0.5, 0.6) is 0 Å². The molecular formula is C66H134N13O2+. The molecule has 2 aromatic rings. The van der Waals surface area contributed by atoms with Gasteiger partial charge in [-0.25, -0.2) is 9.97 Å². The van der Waals surface area contributed by atoms with Gasteiger partial charge in [0.05, 0.1) is 12.0 Å². The Kier molecular flexibility index (Phi) is 40.0. The molecule has 5 N–H and O–H groups in total. The van der Waals surface area contributed by atoms with E-state index in [9.17, 15) is 9.59 Å². The lowest BCUT2D eigenvalue weighted by molar-refractivity contribution is -0.544. The first kappa shape index (κ1) is 83.5. The number of primary amides is 1. The lowest BCUT2D eigenvalue weighted by Crippen LogP contribution is -2.44. The second-order valence-electron chi connectivity index (χ2n) is 31.1. The monoisotopic (exact) mass is 1140 g/mol. The number of carbonyl (C=O) groups excluding carboxylic acids is 2. The fourth-order valence-corrected chi connectivity index (χ4v) is 7.31. The van der Waals surface area contributed by atoms with E-state index in [-0.39, 0.29) is 46.1 Å². The van der Waals surface area contributed by atoms with E-state index in [4.69, 9.17) is 11.5 Å². The minimum absolute atomic E-state index is 0. The molecule has 6 heterocycles. The van der Waals surface area contributed by atoms with Crippen LogP contribution in [-0.2, 0) is 20.5 Å². The van der Waals surface area contributed by atoms with Crippen LogP contribution >= 0.6 is 0 Å². The molecule has 15 heteroatoms. The van der Waals surface area contributed by atoms with Crippen LogP contribution in [0.3, 0.4) is 0 Å². The Balaban J connectivity index is -0.000000412. The number of H-pyrrole nitrogens is 1. The maximum Gasteiger partial charge on any atom is 0.303 e. The van der Waals surface area contributed by atoms with Crippen LogP contribution < -0.4 is 11.5 Å². The van der Waals surface area contributed by atoms with Gasteiger partial charge in [-0.2, -0.15) is 10.2 Å². The van der Waals surface area contributed by atoms with Gasteiger partial charge in [-0.3, -0.25) is 19.4 Å². The molecule has 0 aromatic carbocycles. The predicted molar refractivity (Wildman–Crippen MR) is 353 cm³/mol. The third-order valence-electron chi connectivity index (χ3n) is 12.6. The van der Waals surface area contributed by atoms with E-state index < -0.39 is 0 Å². The summed E-state index contributed by atoms with van der Waals surface area (Å²) in [6.45, 7) is 67.1. The second kappa shape index (κ2) is 38.8. The number of nitrogens with one attached hydrogen (secondary N) is 1. The third-order valence-corrected chi connectivity index (χ3v) is 12.6. The summed E-state index contributed by atoms with van der Waals surface area (Å²) >= 11 is 0. The number of piperidine rings is 1. The second-order valence-corrected chi connectivity index (χ2v) is 31.1. The normalized spacial score (nSPS) is 15.7. The molecule has 2 fully saturated rings. The first-order valence-corrected chi connectivity index (χ1v) is 30.1. The molecule has 6 rings (SSSR count). The molecule has 0 unspecified atom stereocenters. The molecule has 4 aliphatic heterocycles. The molecule has 0 atom stereocenters. The summed E-state index contributed by atoms with van der Waals surface area (Å²) in [7, 11) is 0. The van der Waals surface area contributed by atoms with Gasteiger partial charge in [0, 0.05) is 84.1 Å². The largest absolute Gasteiger partial charge is 0.370 e. The van der Waals surface area contributed by atoms with Gasteiger partial charge in [-0.15, -0.1) is 4.70 Å². The van der Waals surface area contributed by atoms with Crippen LogP contribution in [0.4, 0.5) is 0 Å². The Bertz CT molecular complexity index is 1960. The number of amides is 1. The zero-order chi connectivity index (χ0) is 63.0. The minimum atomic E-state index is -0.204. The molecule has 0 spiro atoms. The van der Waals surface area contributed by atoms with Crippen LogP contribution in [-0.4, -0.2) is 120 Å². The number of nitrogens with two attached hydrogens (primary N) is 2. The summed E-state index contributed by atoms with van der Waals surface area (Å²) < 4.78 is 3.96. The average Bonchev–Trinajstić information content (AvgIpc) is 4.15. The van der Waals surface area contributed by atoms with Crippen molar-refractivity contribution in [2.24, 2.45) is 53.4 Å². The number of hydrogen-bond acceptors (Lipinski definition) is 11. The number of likely N-dealkylation sites (tertiary alicyclic amines) is 2. The van der Waals surface area contributed by atoms with Gasteiger partial charge in [0.15, 0.2) is 0 Å². The number of Topliss-reactive ketones (excluding diaryl/α,β-unsaturated/α-hetero) is 1. The number of nitrogens with zero attached hydrogens (tertiary/aromatic N) is 10. The van der Waals surface area contributed by atoms with E-state index >= 15 is 0 Å². The van der Waals surface area contributed by atoms with E-state index in [0.717, 1.165) is 31.6 Å². The number of rotatable bonds is 5. The summed E-state index contributed by atoms with van der Waals surface area (Å²) in [5.74, 6) is 1.20. The molecule has 0 radical (unpaired) electrons. The van der Waals surface area contributed by atoms with Crippen molar-refractivity contribution in [3.05, 3.63) is 36.9 Å². The number of carbonyl (C=O) groups is 2. The molecule has 1 amide bonds. The maximum absolute atomic E-state index is 10.8. The maximum atomic E-state index is 10.8. The smallest absolute Gasteiger partial charge is 0.303 e. The zero-order valence-corrected chi connectivity index (χ0v) is 57.5. The highest BCUT2D eigenvalue weighted by Crippen LogP contribution is 2.23. The number of imidazole rings is 2. The van der Waals surface area contributed by atoms with E-state index in [1.807, 2.05) is 36.6 Å². The Morgan fingerprint density at radius 2 is 1.12 bits per heavy atom. The van der Waals surface area contributed by atoms with Crippen molar-refractivity contribution in [3.63, 3.8) is 0 Å². The SMILES string of the molecule is C.CC(C)(C)C1=NN=CC1.CC(C)(C)CCC(N)=O.CC(C)(C)CCN.CC(C)(C)N1CCCC1.CC(C)(C)N1CCCCC1.CC(C)(C)[N+]1=NCN=C1.CC(C)(C)c1ncc[nH]1.CC(C)(C)n1ccnc1.CCC(=O)CC(C)(C)C. The average molecular weight is 1140 g/mol. The number of ketones is 1. The number of aliphatic imine (C=N–C) groups is 1. The van der Waals surface area contributed by atoms with Crippen LogP contribution in [0.1, 0.15) is 278 Å². The molecule has 15 nitrogen and oxygen atoms in total. The van der Waals surface area contributed by atoms with Crippen LogP contribution in [0.25, 0.3) is 0 Å². The van der Waals surface area contributed by atoms with Crippen molar-refractivity contribution in [1.29, 1.82) is 0 Å². The van der Waals surface area contributed by atoms with Crippen molar-refractivity contribution in [2.45, 2.75) is 299 Å². The fraction of sp³-hybridized carbons (Fsp3) is 0.833. The van der Waals surface area contributed by atoms with Crippen molar-refractivity contribution >= 4 is 30.0 Å². The highest BCUT2D eigenvalue weighted by molar-refractivity contribution is 6.01. The molecule has 4 aliphatic rings. The third kappa shape index (κ3) is 49.2. The molecule has 474 valence electrons. The lowest BCUT2D eigenvalue weighted by atomic mass is 9.89. The van der Waals surface area contributed by atoms with Crippen molar-refractivity contribution < 1.29 is 14.3 Å². The summed E-state index contributed by atoms with van der Waals surface area (Å²) in [6, 6.07) is 0. The number of aromatic amines is 1. The summed E-state index contributed by atoms with van der Waals surface area (Å²) in [4.78, 5) is 41.3. The van der Waals surface area contributed by atoms with E-state index in [1.165, 1.54) is 64.0 Å². The van der Waals surface area contributed by atoms with Crippen LogP contribution in [0, 0.1) is 21.7 Å². The standard InChI is InChI=1S/C9H19N.C8H17N.C8H16O.3C7H12N2.C7H15NO.C6H12N3.C6H15N.CH4/c1-9(2,3)10-7-5-4-6-8-10;1-8(2,3)9-6-4-5-7-9;1-5-7(9)6-8(2,3)4;1-7(2,3)9-5-4-8-6-9;1-7(2,3)6-8-4-5-9-6;1-7(2,3)6-4-5-8-9-6;1-7(2,3)5-4-6(8)9;1-6(2,3)9-5-7-4-8-9;1-6(2,3)4-5-7;/h4-8H2,1-3H3;4-7H2,1-3H3;5-6H2,1-4H3;4-6H,1-3H3;4-5H,1-3H3,(H,8,9);5H,4H2,1-3H3;4-5H2,1-3H3,(H2,8,9);5H,4H2,1-3H3;4-5,7H2,1-3H3;1H4/q;;;;;;;+1;;. The predicted octanol–water partition coefficient (Wildman–Crippen LogP) is 16.3. The molecule has 2 saturated heterocycles. The van der Waals surface area contributed by atoms with Crippen molar-refractivity contribution in [2.75, 3.05) is 39.4 Å². The zero-order valence-electron chi connectivity index (χ0n) is 57.5. The molecule has 0 saturated carbocycles. The van der Waals surface area contributed by atoms with Gasteiger partial charge in [-0.1, -0.05) is 135 Å². The van der Waals surface area contributed by atoms with E-state index in [1.54, 1.807) is 18.7 Å². The summed E-state index contributed by atoms with van der Waals surface area (Å²) in [5, 5.41) is 11.9.